The van der Waals surface area contributed by atoms with E-state index >= 15 is 0 Å². The molecule has 1 aliphatic heterocycles. The number of anilines is 1. The Bertz CT molecular complexity index is 1300. The first-order valence-corrected chi connectivity index (χ1v) is 12.9. The number of amides is 1. The summed E-state index contributed by atoms with van der Waals surface area (Å²) in [4.78, 5) is 18.8. The van der Waals surface area contributed by atoms with Crippen molar-refractivity contribution in [2.45, 2.75) is 29.8 Å². The molecule has 1 fully saturated rings. The minimum absolute atomic E-state index is 0.0517. The Hall–Kier alpha value is -3.11. The highest BCUT2D eigenvalue weighted by molar-refractivity contribution is 7.99. The lowest BCUT2D eigenvalue weighted by Gasteiger charge is -2.12. The van der Waals surface area contributed by atoms with Gasteiger partial charge in [0.1, 0.15) is 5.84 Å². The highest BCUT2D eigenvalue weighted by atomic mass is 32.2. The molecule has 1 aromatic heterocycles. The number of sulfonamides is 1. The molecule has 8 nitrogen and oxygen atoms in total. The van der Waals surface area contributed by atoms with Crippen molar-refractivity contribution in [1.29, 1.82) is 0 Å². The molecule has 0 spiro atoms. The van der Waals surface area contributed by atoms with E-state index in [1.807, 2.05) is 53.9 Å². The quantitative estimate of drug-likeness (QED) is 0.515. The zero-order chi connectivity index (χ0) is 23.4. The number of likely N-dealkylation sites (tertiary alicyclic amines) is 1. The summed E-state index contributed by atoms with van der Waals surface area (Å²) in [5.74, 6) is 0.438. The molecule has 1 saturated heterocycles. The molecule has 1 amide bonds. The second-order valence-corrected chi connectivity index (χ2v) is 10.3. The molecule has 2 aromatic carbocycles. The van der Waals surface area contributed by atoms with Crippen molar-refractivity contribution in [2.75, 3.05) is 24.7 Å². The first kappa shape index (κ1) is 23.1. The molecule has 0 bridgehead atoms. The van der Waals surface area contributed by atoms with Crippen LogP contribution in [0, 0.1) is 6.92 Å². The molecule has 0 radical (unpaired) electrons. The molecule has 4 rings (SSSR count). The largest absolute Gasteiger partial charge is 0.362 e. The Morgan fingerprint density at radius 2 is 2.03 bits per heavy atom. The number of imidazole rings is 1. The summed E-state index contributed by atoms with van der Waals surface area (Å²) in [6.07, 6.45) is 5.09. The predicted octanol–water partition coefficient (Wildman–Crippen LogP) is 3.72. The fraction of sp³-hybridized carbons (Fsp3) is 0.261. The highest BCUT2D eigenvalue weighted by Crippen LogP contribution is 2.24. The third kappa shape index (κ3) is 5.45. The van der Waals surface area contributed by atoms with E-state index in [-0.39, 0.29) is 16.6 Å². The van der Waals surface area contributed by atoms with Crippen LogP contribution in [0.15, 0.2) is 75.4 Å². The lowest BCUT2D eigenvalue weighted by Crippen LogP contribution is -2.20. The fourth-order valence-corrected chi connectivity index (χ4v) is 5.48. The Kier molecular flexibility index (Phi) is 6.85. The van der Waals surface area contributed by atoms with Crippen molar-refractivity contribution in [3.05, 3.63) is 66.5 Å². The van der Waals surface area contributed by atoms with Gasteiger partial charge in [-0.25, -0.2) is 4.98 Å². The summed E-state index contributed by atoms with van der Waals surface area (Å²) in [7, 11) is -2.01. The molecule has 1 N–H and O–H groups in total. The maximum atomic E-state index is 12.7. The summed E-state index contributed by atoms with van der Waals surface area (Å²) in [6.45, 7) is 2.82. The van der Waals surface area contributed by atoms with Crippen molar-refractivity contribution in [2.24, 2.45) is 4.40 Å². The lowest BCUT2D eigenvalue weighted by atomic mass is 10.2. The number of hydrogen-bond acceptors (Lipinski definition) is 5. The summed E-state index contributed by atoms with van der Waals surface area (Å²) in [5.41, 5.74) is 2.52. The number of rotatable bonds is 7. The molecule has 1 aliphatic rings. The maximum Gasteiger partial charge on any atom is 0.284 e. The normalized spacial score (nSPS) is 15.2. The number of benzene rings is 2. The van der Waals surface area contributed by atoms with Crippen LogP contribution >= 0.6 is 11.8 Å². The average molecular weight is 484 g/mol. The average Bonchev–Trinajstić information content (AvgIpc) is 3.41. The molecular weight excluding hydrogens is 458 g/mol. The zero-order valence-electron chi connectivity index (χ0n) is 18.4. The number of carbonyl (C=O) groups excluding carboxylic acids is 1. The number of nitrogens with zero attached hydrogens (tertiary/aromatic N) is 4. The molecule has 33 heavy (non-hydrogen) atoms. The number of thioether (sulfide) groups is 1. The zero-order valence-corrected chi connectivity index (χ0v) is 20.1. The number of amidine groups is 1. The van der Waals surface area contributed by atoms with Crippen molar-refractivity contribution >= 4 is 39.2 Å². The summed E-state index contributed by atoms with van der Waals surface area (Å²) < 4.78 is 31.3. The molecule has 172 valence electrons. The summed E-state index contributed by atoms with van der Waals surface area (Å²) in [6, 6.07) is 14.1. The van der Waals surface area contributed by atoms with E-state index in [1.54, 1.807) is 18.3 Å². The minimum Gasteiger partial charge on any atom is -0.362 e. The number of aryl methyl sites for hydroxylation is 1. The van der Waals surface area contributed by atoms with Crippen LogP contribution in [0.25, 0.3) is 5.69 Å². The minimum atomic E-state index is -3.85. The van der Waals surface area contributed by atoms with Crippen LogP contribution in [-0.4, -0.2) is 54.0 Å². The Balaban J connectivity index is 1.43. The van der Waals surface area contributed by atoms with E-state index in [1.165, 1.54) is 23.9 Å². The van der Waals surface area contributed by atoms with Crippen LogP contribution in [0.2, 0.25) is 0 Å². The van der Waals surface area contributed by atoms with Gasteiger partial charge in [0.25, 0.3) is 10.0 Å². The van der Waals surface area contributed by atoms with Gasteiger partial charge in [-0.2, -0.15) is 8.42 Å². The first-order chi connectivity index (χ1) is 15.8. The molecule has 0 atom stereocenters. The van der Waals surface area contributed by atoms with Crippen LogP contribution in [-0.2, 0) is 14.8 Å². The topological polar surface area (TPSA) is 96.7 Å². The van der Waals surface area contributed by atoms with Crippen LogP contribution in [0.4, 0.5) is 5.69 Å². The van der Waals surface area contributed by atoms with Gasteiger partial charge in [0.05, 0.1) is 16.3 Å². The molecule has 0 saturated carbocycles. The Morgan fingerprint density at radius 3 is 2.79 bits per heavy atom. The maximum absolute atomic E-state index is 12.7. The Morgan fingerprint density at radius 1 is 1.21 bits per heavy atom. The van der Waals surface area contributed by atoms with Crippen LogP contribution in [0.5, 0.6) is 0 Å². The number of carbonyl (C=O) groups is 1. The van der Waals surface area contributed by atoms with Gasteiger partial charge in [0.2, 0.25) is 5.91 Å². The van der Waals surface area contributed by atoms with Crippen LogP contribution in [0.3, 0.4) is 0 Å². The first-order valence-electron chi connectivity index (χ1n) is 10.5. The fourth-order valence-electron chi connectivity index (χ4n) is 3.58. The lowest BCUT2D eigenvalue weighted by molar-refractivity contribution is -0.113. The molecule has 2 heterocycles. The van der Waals surface area contributed by atoms with Gasteiger partial charge in [-0.05, 0) is 43.2 Å². The number of para-hydroxylation sites is 1. The second kappa shape index (κ2) is 9.80. The van der Waals surface area contributed by atoms with Crippen LogP contribution in [0.1, 0.15) is 18.4 Å². The molecular formula is C23H25N5O3S2. The number of hydrogen-bond donors (Lipinski definition) is 1. The van der Waals surface area contributed by atoms with Gasteiger partial charge in [0, 0.05) is 38.1 Å². The SMILES string of the molecule is Cc1ccccc1-n1ccnc1SCC(=O)Nc1cccc(S(=O)(=O)N=C2CCCN2C)c1. The molecule has 10 heteroatoms. The summed E-state index contributed by atoms with van der Waals surface area (Å²) in [5, 5.41) is 3.47. The van der Waals surface area contributed by atoms with E-state index in [2.05, 4.69) is 14.7 Å². The second-order valence-electron chi connectivity index (χ2n) is 7.74. The third-order valence-electron chi connectivity index (χ3n) is 5.29. The standard InChI is InChI=1S/C23H25N5O3S2/c1-17-7-3-4-10-20(17)28-14-12-24-23(28)32-16-22(29)25-18-8-5-9-19(15-18)33(30,31)26-21-11-6-13-27(21)2/h3-5,7-10,12,14-15H,6,11,13,16H2,1-2H3,(H,25,29). The smallest absolute Gasteiger partial charge is 0.284 e. The van der Waals surface area contributed by atoms with Gasteiger partial charge in [-0.15, -0.1) is 4.40 Å². The summed E-state index contributed by atoms with van der Waals surface area (Å²) >= 11 is 1.31. The third-order valence-corrected chi connectivity index (χ3v) is 7.56. The molecule has 0 aliphatic carbocycles. The van der Waals surface area contributed by atoms with E-state index < -0.39 is 10.0 Å². The molecule has 0 unspecified atom stereocenters. The van der Waals surface area contributed by atoms with E-state index in [0.717, 1.165) is 24.2 Å². The van der Waals surface area contributed by atoms with Gasteiger partial charge < -0.3 is 10.2 Å². The van der Waals surface area contributed by atoms with Crippen LogP contribution < -0.4 is 5.32 Å². The van der Waals surface area contributed by atoms with E-state index in [0.29, 0.717) is 23.1 Å². The predicted molar refractivity (Wildman–Crippen MR) is 131 cm³/mol. The highest BCUT2D eigenvalue weighted by Gasteiger charge is 2.20. The van der Waals surface area contributed by atoms with Crippen molar-refractivity contribution in [3.63, 3.8) is 0 Å². The van der Waals surface area contributed by atoms with Gasteiger partial charge >= 0.3 is 0 Å². The molecule has 3 aromatic rings. The van der Waals surface area contributed by atoms with Gasteiger partial charge in [-0.3, -0.25) is 9.36 Å². The van der Waals surface area contributed by atoms with E-state index in [4.69, 9.17) is 0 Å². The number of aromatic nitrogens is 2. The van der Waals surface area contributed by atoms with E-state index in [9.17, 15) is 13.2 Å². The Labute approximate surface area is 197 Å². The monoisotopic (exact) mass is 483 g/mol. The van der Waals surface area contributed by atoms with Gasteiger partial charge in [-0.1, -0.05) is 36.0 Å². The number of nitrogens with one attached hydrogen (secondary N) is 1. The van der Waals surface area contributed by atoms with Crippen molar-refractivity contribution in [3.8, 4) is 5.69 Å². The van der Waals surface area contributed by atoms with Gasteiger partial charge in [0.15, 0.2) is 5.16 Å². The van der Waals surface area contributed by atoms with Crippen molar-refractivity contribution < 1.29 is 13.2 Å². The van der Waals surface area contributed by atoms with Crippen molar-refractivity contribution in [1.82, 2.24) is 14.5 Å².